The second-order valence-electron chi connectivity index (χ2n) is 6.20. The topological polar surface area (TPSA) is 75.4 Å². The molecule has 0 radical (unpaired) electrons. The number of aromatic nitrogens is 2. The number of carboxylic acid groups (broad SMARTS) is 1. The van der Waals surface area contributed by atoms with Crippen LogP contribution < -0.4 is 0 Å². The summed E-state index contributed by atoms with van der Waals surface area (Å²) >= 11 is 0. The second-order valence-corrected chi connectivity index (χ2v) is 6.20. The minimum Gasteiger partial charge on any atom is -0.480 e. The Morgan fingerprint density at radius 1 is 1.21 bits per heavy atom. The van der Waals surface area contributed by atoms with E-state index in [0.29, 0.717) is 12.1 Å². The summed E-state index contributed by atoms with van der Waals surface area (Å²) in [6.07, 6.45) is 0. The predicted molar refractivity (Wildman–Crippen MR) is 91.1 cm³/mol. The molecule has 2 rings (SSSR count). The highest BCUT2D eigenvalue weighted by atomic mass is 16.4. The quantitative estimate of drug-likeness (QED) is 0.883. The number of benzene rings is 1. The average Bonchev–Trinajstić information content (AvgIpc) is 2.82. The fourth-order valence-electron chi connectivity index (χ4n) is 2.56. The van der Waals surface area contributed by atoms with E-state index in [0.717, 1.165) is 17.0 Å². The van der Waals surface area contributed by atoms with Gasteiger partial charge in [-0.15, -0.1) is 0 Å². The number of carbonyl (C=O) groups excluding carboxylic acids is 1. The van der Waals surface area contributed by atoms with Crippen LogP contribution in [0.2, 0.25) is 0 Å². The maximum absolute atomic E-state index is 12.5. The van der Waals surface area contributed by atoms with Gasteiger partial charge in [-0.2, -0.15) is 5.10 Å². The summed E-state index contributed by atoms with van der Waals surface area (Å²) in [5.74, 6) is -1.29. The van der Waals surface area contributed by atoms with Crippen molar-refractivity contribution in [3.8, 4) is 0 Å². The van der Waals surface area contributed by atoms with E-state index in [-0.39, 0.29) is 18.5 Å². The number of carboxylic acids is 1. The van der Waals surface area contributed by atoms with Gasteiger partial charge in [-0.25, -0.2) is 0 Å². The van der Waals surface area contributed by atoms with Crippen LogP contribution in [-0.4, -0.2) is 44.3 Å². The lowest BCUT2D eigenvalue weighted by molar-refractivity contribution is -0.138. The third-order valence-electron chi connectivity index (χ3n) is 3.83. The van der Waals surface area contributed by atoms with Crippen LogP contribution in [0.15, 0.2) is 30.3 Å². The summed E-state index contributed by atoms with van der Waals surface area (Å²) < 4.78 is 1.91. The van der Waals surface area contributed by atoms with Gasteiger partial charge in [0.2, 0.25) is 0 Å². The van der Waals surface area contributed by atoms with Crippen LogP contribution in [0.1, 0.15) is 41.2 Å². The highest BCUT2D eigenvalue weighted by molar-refractivity contribution is 5.96. The van der Waals surface area contributed by atoms with Crippen molar-refractivity contribution >= 4 is 11.9 Å². The maximum atomic E-state index is 12.5. The number of hydrogen-bond acceptors (Lipinski definition) is 3. The number of amides is 1. The van der Waals surface area contributed by atoms with Crippen molar-refractivity contribution in [2.24, 2.45) is 0 Å². The van der Waals surface area contributed by atoms with Crippen molar-refractivity contribution in [1.82, 2.24) is 14.7 Å². The van der Waals surface area contributed by atoms with Crippen molar-refractivity contribution in [2.75, 3.05) is 6.54 Å². The first-order chi connectivity index (χ1) is 11.3. The zero-order chi connectivity index (χ0) is 17.9. The zero-order valence-electron chi connectivity index (χ0n) is 14.5. The first-order valence-corrected chi connectivity index (χ1v) is 7.90. The van der Waals surface area contributed by atoms with Gasteiger partial charge in [0.25, 0.3) is 5.91 Å². The Morgan fingerprint density at radius 3 is 2.29 bits per heavy atom. The van der Waals surface area contributed by atoms with Crippen molar-refractivity contribution in [1.29, 1.82) is 0 Å². The van der Waals surface area contributed by atoms with Crippen LogP contribution >= 0.6 is 0 Å². The van der Waals surface area contributed by atoms with Crippen LogP contribution in [0.25, 0.3) is 0 Å². The Hall–Kier alpha value is -2.63. The Kier molecular flexibility index (Phi) is 5.39. The highest BCUT2D eigenvalue weighted by Gasteiger charge is 2.21. The summed E-state index contributed by atoms with van der Waals surface area (Å²) in [7, 11) is 0. The lowest BCUT2D eigenvalue weighted by atomic mass is 10.1. The van der Waals surface area contributed by atoms with Gasteiger partial charge >= 0.3 is 5.97 Å². The van der Waals surface area contributed by atoms with Gasteiger partial charge in [-0.3, -0.25) is 14.3 Å². The fourth-order valence-corrected chi connectivity index (χ4v) is 2.56. The Bertz CT molecular complexity index is 732. The maximum Gasteiger partial charge on any atom is 0.323 e. The van der Waals surface area contributed by atoms with E-state index in [4.69, 9.17) is 5.11 Å². The molecule has 0 aliphatic rings. The van der Waals surface area contributed by atoms with Gasteiger partial charge in [0, 0.05) is 17.3 Å². The van der Waals surface area contributed by atoms with Gasteiger partial charge in [-0.05, 0) is 51.5 Å². The van der Waals surface area contributed by atoms with Crippen molar-refractivity contribution < 1.29 is 14.7 Å². The summed E-state index contributed by atoms with van der Waals surface area (Å²) in [6.45, 7) is 7.90. The molecule has 1 N–H and O–H groups in total. The average molecular weight is 329 g/mol. The predicted octanol–water partition coefficient (Wildman–Crippen LogP) is 2.48. The molecule has 0 aliphatic heterocycles. The van der Waals surface area contributed by atoms with Crippen LogP contribution in [-0.2, 0) is 11.3 Å². The monoisotopic (exact) mass is 329 g/mol. The molecule has 2 aromatic rings. The van der Waals surface area contributed by atoms with Gasteiger partial charge < -0.3 is 10.0 Å². The summed E-state index contributed by atoms with van der Waals surface area (Å²) in [5, 5.41) is 13.4. The van der Waals surface area contributed by atoms with Gasteiger partial charge in [0.05, 0.1) is 12.2 Å². The van der Waals surface area contributed by atoms with Crippen LogP contribution in [0.3, 0.4) is 0 Å². The molecule has 0 saturated heterocycles. The summed E-state index contributed by atoms with van der Waals surface area (Å²) in [6, 6.07) is 9.07. The molecule has 0 unspecified atom stereocenters. The first kappa shape index (κ1) is 17.7. The molecule has 0 aliphatic carbocycles. The number of carbonyl (C=O) groups is 2. The molecule has 1 aromatic heterocycles. The standard InChI is InChI=1S/C18H23N3O3/c1-12(2)20(11-17(22)23)18(24)16-7-5-15(6-8-16)10-21-14(4)9-13(3)19-21/h5-9,12H,10-11H2,1-4H3,(H,22,23). The van der Waals surface area contributed by atoms with E-state index >= 15 is 0 Å². The number of nitrogens with zero attached hydrogens (tertiary/aromatic N) is 3. The van der Waals surface area contributed by atoms with Crippen molar-refractivity contribution in [3.05, 3.63) is 52.8 Å². The van der Waals surface area contributed by atoms with E-state index in [1.54, 1.807) is 26.0 Å². The molecule has 6 heteroatoms. The molecule has 0 atom stereocenters. The number of hydrogen-bond donors (Lipinski definition) is 1. The lowest BCUT2D eigenvalue weighted by Gasteiger charge is -2.25. The van der Waals surface area contributed by atoms with Crippen molar-refractivity contribution in [3.63, 3.8) is 0 Å². The van der Waals surface area contributed by atoms with Gasteiger partial charge in [0.15, 0.2) is 0 Å². The van der Waals surface area contributed by atoms with E-state index in [9.17, 15) is 9.59 Å². The first-order valence-electron chi connectivity index (χ1n) is 7.90. The smallest absolute Gasteiger partial charge is 0.323 e. The summed E-state index contributed by atoms with van der Waals surface area (Å²) in [5.41, 5.74) is 3.58. The van der Waals surface area contributed by atoms with Crippen LogP contribution in [0, 0.1) is 13.8 Å². The Labute approximate surface area is 141 Å². The number of aryl methyl sites for hydroxylation is 2. The van der Waals surface area contributed by atoms with Crippen LogP contribution in [0.5, 0.6) is 0 Å². The molecule has 24 heavy (non-hydrogen) atoms. The third-order valence-corrected chi connectivity index (χ3v) is 3.83. The van der Waals surface area contributed by atoms with Gasteiger partial charge in [-0.1, -0.05) is 12.1 Å². The van der Waals surface area contributed by atoms with E-state index < -0.39 is 5.97 Å². The minimum absolute atomic E-state index is 0.178. The number of rotatable bonds is 6. The van der Waals surface area contributed by atoms with E-state index in [2.05, 4.69) is 5.10 Å². The zero-order valence-corrected chi connectivity index (χ0v) is 14.5. The SMILES string of the molecule is Cc1cc(C)n(Cc2ccc(C(=O)N(CC(=O)O)C(C)C)cc2)n1. The molecule has 1 heterocycles. The molecular weight excluding hydrogens is 306 g/mol. The molecule has 1 aromatic carbocycles. The molecule has 0 fully saturated rings. The van der Waals surface area contributed by atoms with Gasteiger partial charge in [0.1, 0.15) is 6.54 Å². The van der Waals surface area contributed by atoms with Crippen molar-refractivity contribution in [2.45, 2.75) is 40.3 Å². The van der Waals surface area contributed by atoms with E-state index in [1.165, 1.54) is 4.90 Å². The normalized spacial score (nSPS) is 10.9. The molecule has 1 amide bonds. The fraction of sp³-hybridized carbons (Fsp3) is 0.389. The largest absolute Gasteiger partial charge is 0.480 e. The molecule has 6 nitrogen and oxygen atoms in total. The lowest BCUT2D eigenvalue weighted by Crippen LogP contribution is -2.40. The molecule has 0 bridgehead atoms. The summed E-state index contributed by atoms with van der Waals surface area (Å²) in [4.78, 5) is 24.8. The molecular formula is C18H23N3O3. The Balaban J connectivity index is 2.14. The minimum atomic E-state index is -1.02. The van der Waals surface area contributed by atoms with Crippen LogP contribution in [0.4, 0.5) is 0 Å². The second kappa shape index (κ2) is 7.29. The third kappa shape index (κ3) is 4.22. The number of aliphatic carboxylic acids is 1. The molecule has 0 spiro atoms. The molecule has 0 saturated carbocycles. The molecule has 128 valence electrons. The Morgan fingerprint density at radius 2 is 1.83 bits per heavy atom. The van der Waals surface area contributed by atoms with E-state index in [1.807, 2.05) is 36.7 Å². The highest BCUT2D eigenvalue weighted by Crippen LogP contribution is 2.12.